The van der Waals surface area contributed by atoms with Gasteiger partial charge in [0, 0.05) is 63.2 Å². The second-order valence-corrected chi connectivity index (χ2v) is 8.38. The molecule has 9 heteroatoms. The Morgan fingerprint density at radius 1 is 1.13 bits per heavy atom. The number of hydrogen-bond acceptors (Lipinski definition) is 5. The Hall–Kier alpha value is -2.58. The Balaban J connectivity index is 1.48. The monoisotopic (exact) mass is 446 g/mol. The number of carbonyl (C=O) groups is 2. The molecule has 8 nitrogen and oxygen atoms in total. The number of halogens is 1. The first-order chi connectivity index (χ1) is 15.0. The lowest BCUT2D eigenvalue weighted by molar-refractivity contribution is -0.137. The Morgan fingerprint density at radius 2 is 1.87 bits per heavy atom. The molecule has 1 aromatic heterocycles. The van der Waals surface area contributed by atoms with Crippen LogP contribution < -0.4 is 4.74 Å². The second kappa shape index (κ2) is 9.70. The zero-order chi connectivity index (χ0) is 21.8. The number of rotatable bonds is 5. The van der Waals surface area contributed by atoms with Gasteiger partial charge in [0.15, 0.2) is 0 Å². The van der Waals surface area contributed by atoms with Crippen LogP contribution in [0.3, 0.4) is 0 Å². The molecular weight excluding hydrogens is 420 g/mol. The summed E-state index contributed by atoms with van der Waals surface area (Å²) in [6.45, 7) is 3.35. The van der Waals surface area contributed by atoms with Crippen molar-refractivity contribution < 1.29 is 19.1 Å². The molecule has 0 spiro atoms. The maximum Gasteiger partial charge on any atom is 0.272 e. The number of aryl methyl sites for hydroxylation is 1. The number of morpholine rings is 1. The molecule has 4 rings (SSSR count). The Kier molecular flexibility index (Phi) is 6.77. The number of carbonyl (C=O) groups excluding carboxylic acids is 2. The molecule has 2 aliphatic heterocycles. The average Bonchev–Trinajstić information content (AvgIpc) is 3.22. The maximum absolute atomic E-state index is 13.0. The molecule has 2 fully saturated rings. The summed E-state index contributed by atoms with van der Waals surface area (Å²) in [5.41, 5.74) is 0.537. The van der Waals surface area contributed by atoms with Crippen LogP contribution in [0.25, 0.3) is 0 Å². The SMILES string of the molecule is Cn1nccc1C(=O)N1CC[C@H](Oc2ccc(Cl)cc2)[C@@H](CC(=O)N2CCOCC2)C1. The predicted octanol–water partition coefficient (Wildman–Crippen LogP) is 2.23. The summed E-state index contributed by atoms with van der Waals surface area (Å²) in [7, 11) is 1.75. The first-order valence-corrected chi connectivity index (χ1v) is 10.9. The molecule has 2 saturated heterocycles. The first kappa shape index (κ1) is 21.6. The molecule has 0 bridgehead atoms. The van der Waals surface area contributed by atoms with Crippen LogP contribution in [0.15, 0.2) is 36.5 Å². The van der Waals surface area contributed by atoms with Gasteiger partial charge in [-0.15, -0.1) is 0 Å². The molecule has 0 aliphatic carbocycles. The molecule has 31 heavy (non-hydrogen) atoms. The van der Waals surface area contributed by atoms with Crippen molar-refractivity contribution in [3.63, 3.8) is 0 Å². The number of hydrogen-bond donors (Lipinski definition) is 0. The zero-order valence-corrected chi connectivity index (χ0v) is 18.3. The predicted molar refractivity (Wildman–Crippen MR) is 115 cm³/mol. The third-order valence-corrected chi connectivity index (χ3v) is 6.15. The van der Waals surface area contributed by atoms with Gasteiger partial charge in [0.2, 0.25) is 5.91 Å². The Morgan fingerprint density at radius 3 is 2.55 bits per heavy atom. The fourth-order valence-electron chi connectivity index (χ4n) is 4.15. The van der Waals surface area contributed by atoms with Crippen LogP contribution in [0.4, 0.5) is 0 Å². The minimum Gasteiger partial charge on any atom is -0.490 e. The molecule has 0 saturated carbocycles. The van der Waals surface area contributed by atoms with Gasteiger partial charge in [0.25, 0.3) is 5.91 Å². The second-order valence-electron chi connectivity index (χ2n) is 7.95. The Labute approximate surface area is 186 Å². The normalized spacial score (nSPS) is 21.7. The van der Waals surface area contributed by atoms with E-state index >= 15 is 0 Å². The molecular formula is C22H27ClN4O4. The van der Waals surface area contributed by atoms with Crippen molar-refractivity contribution >= 4 is 23.4 Å². The number of aromatic nitrogens is 2. The van der Waals surface area contributed by atoms with Gasteiger partial charge in [-0.1, -0.05) is 11.6 Å². The molecule has 0 radical (unpaired) electrons. The van der Waals surface area contributed by atoms with Crippen LogP contribution in [-0.4, -0.2) is 76.9 Å². The van der Waals surface area contributed by atoms with Crippen molar-refractivity contribution in [3.8, 4) is 5.75 Å². The number of likely N-dealkylation sites (tertiary alicyclic amines) is 1. The van der Waals surface area contributed by atoms with E-state index in [1.807, 2.05) is 17.0 Å². The van der Waals surface area contributed by atoms with Gasteiger partial charge < -0.3 is 19.3 Å². The largest absolute Gasteiger partial charge is 0.490 e. The summed E-state index contributed by atoms with van der Waals surface area (Å²) in [5.74, 6) is 0.600. The number of amides is 2. The van der Waals surface area contributed by atoms with E-state index in [1.54, 1.807) is 41.0 Å². The first-order valence-electron chi connectivity index (χ1n) is 10.6. The number of piperidine rings is 1. The molecule has 2 aliphatic rings. The summed E-state index contributed by atoms with van der Waals surface area (Å²) >= 11 is 5.99. The van der Waals surface area contributed by atoms with Gasteiger partial charge >= 0.3 is 0 Å². The van der Waals surface area contributed by atoms with Crippen LogP contribution in [0.5, 0.6) is 5.75 Å². The third-order valence-electron chi connectivity index (χ3n) is 5.89. The summed E-state index contributed by atoms with van der Waals surface area (Å²) in [4.78, 5) is 29.6. The van der Waals surface area contributed by atoms with E-state index in [4.69, 9.17) is 21.1 Å². The fourth-order valence-corrected chi connectivity index (χ4v) is 4.27. The van der Waals surface area contributed by atoms with E-state index in [0.717, 1.165) is 0 Å². The van der Waals surface area contributed by atoms with Crippen molar-refractivity contribution in [3.05, 3.63) is 47.2 Å². The highest BCUT2D eigenvalue weighted by Gasteiger charge is 2.36. The maximum atomic E-state index is 13.0. The summed E-state index contributed by atoms with van der Waals surface area (Å²) in [6, 6.07) is 8.94. The van der Waals surface area contributed by atoms with Crippen molar-refractivity contribution in [1.29, 1.82) is 0 Å². The van der Waals surface area contributed by atoms with Crippen LogP contribution in [0.2, 0.25) is 5.02 Å². The van der Waals surface area contributed by atoms with Crippen LogP contribution in [-0.2, 0) is 16.6 Å². The summed E-state index contributed by atoms with van der Waals surface area (Å²) in [6.07, 6.45) is 2.42. The van der Waals surface area contributed by atoms with Gasteiger partial charge in [-0.3, -0.25) is 14.3 Å². The lowest BCUT2D eigenvalue weighted by atomic mass is 9.90. The standard InChI is InChI=1S/C22H27ClN4O4/c1-25-19(6-8-24-25)22(29)27-9-7-20(31-18-4-2-17(23)3-5-18)16(15-27)14-21(28)26-10-12-30-13-11-26/h2-6,8,16,20H,7,9-15H2,1H3/t16-,20-/m0/s1. The topological polar surface area (TPSA) is 76.9 Å². The average molecular weight is 447 g/mol. The number of benzene rings is 1. The van der Waals surface area contributed by atoms with Gasteiger partial charge in [0.05, 0.1) is 13.2 Å². The van der Waals surface area contributed by atoms with Gasteiger partial charge in [-0.05, 0) is 30.3 Å². The van der Waals surface area contributed by atoms with Crippen LogP contribution in [0.1, 0.15) is 23.3 Å². The molecule has 166 valence electrons. The number of nitrogens with zero attached hydrogens (tertiary/aromatic N) is 4. The molecule has 3 heterocycles. The van der Waals surface area contributed by atoms with Crippen LogP contribution in [0, 0.1) is 5.92 Å². The lowest BCUT2D eigenvalue weighted by Gasteiger charge is -2.39. The Bertz CT molecular complexity index is 910. The van der Waals surface area contributed by atoms with Crippen molar-refractivity contribution in [2.45, 2.75) is 18.9 Å². The molecule has 2 aromatic rings. The van der Waals surface area contributed by atoms with Gasteiger partial charge in [-0.2, -0.15) is 5.10 Å². The van der Waals surface area contributed by atoms with E-state index in [2.05, 4.69) is 5.10 Å². The molecule has 0 unspecified atom stereocenters. The van der Waals surface area contributed by atoms with E-state index in [-0.39, 0.29) is 23.8 Å². The van der Waals surface area contributed by atoms with Crippen molar-refractivity contribution in [1.82, 2.24) is 19.6 Å². The molecule has 2 amide bonds. The summed E-state index contributed by atoms with van der Waals surface area (Å²) in [5, 5.41) is 4.74. The molecule has 2 atom stereocenters. The number of ether oxygens (including phenoxy) is 2. The minimum absolute atomic E-state index is 0.0752. The highest BCUT2D eigenvalue weighted by molar-refractivity contribution is 6.30. The van der Waals surface area contributed by atoms with E-state index in [1.165, 1.54) is 0 Å². The van der Waals surface area contributed by atoms with E-state index in [0.29, 0.717) is 68.7 Å². The fraction of sp³-hybridized carbons (Fsp3) is 0.500. The van der Waals surface area contributed by atoms with Gasteiger partial charge in [-0.25, -0.2) is 0 Å². The highest BCUT2D eigenvalue weighted by Crippen LogP contribution is 2.28. The molecule has 1 aromatic carbocycles. The lowest BCUT2D eigenvalue weighted by Crippen LogP contribution is -2.50. The zero-order valence-electron chi connectivity index (χ0n) is 17.6. The highest BCUT2D eigenvalue weighted by atomic mass is 35.5. The van der Waals surface area contributed by atoms with Crippen molar-refractivity contribution in [2.24, 2.45) is 13.0 Å². The minimum atomic E-state index is -0.165. The van der Waals surface area contributed by atoms with Crippen molar-refractivity contribution in [2.75, 3.05) is 39.4 Å². The van der Waals surface area contributed by atoms with E-state index in [9.17, 15) is 9.59 Å². The molecule has 0 N–H and O–H groups in total. The van der Waals surface area contributed by atoms with Gasteiger partial charge in [0.1, 0.15) is 17.5 Å². The summed E-state index contributed by atoms with van der Waals surface area (Å²) < 4.78 is 13.2. The van der Waals surface area contributed by atoms with E-state index < -0.39 is 0 Å². The smallest absolute Gasteiger partial charge is 0.272 e. The van der Waals surface area contributed by atoms with Crippen LogP contribution >= 0.6 is 11.6 Å². The quantitative estimate of drug-likeness (QED) is 0.704. The third kappa shape index (κ3) is 5.19.